The third kappa shape index (κ3) is 11.7. The molecule has 6 unspecified atom stereocenters. The van der Waals surface area contributed by atoms with Gasteiger partial charge < -0.3 is 24.6 Å². The molecule has 5 nitrogen and oxygen atoms in total. The summed E-state index contributed by atoms with van der Waals surface area (Å²) >= 11 is 0. The van der Waals surface area contributed by atoms with E-state index in [-0.39, 0.29) is 18.3 Å². The molecule has 0 fully saturated rings. The molecule has 0 saturated carbocycles. The van der Waals surface area contributed by atoms with Crippen LogP contribution in [0.25, 0.3) is 0 Å². The molecule has 0 aromatic heterocycles. The summed E-state index contributed by atoms with van der Waals surface area (Å²) in [5, 5.41) is 14.3. The standard InChI is InChI=1S/C36H59NO4/c1-24(17-29(6)41-30(7)18-25(2)19-31-15-13-12-14-27(31)4)16-26(3)22-37-23-34(39-10)32-20-28(5)35(40-11)33(21-32)36(8,9)38/h12-15,20-21,24-26,29-30,34,37-38H,16-19,22-23H2,1-11H3. The van der Waals surface area contributed by atoms with Gasteiger partial charge in [-0.1, -0.05) is 45.0 Å². The molecule has 5 heteroatoms. The lowest BCUT2D eigenvalue weighted by atomic mass is 9.91. The number of methoxy groups -OCH3 is 2. The van der Waals surface area contributed by atoms with Crippen LogP contribution >= 0.6 is 0 Å². The van der Waals surface area contributed by atoms with Crippen LogP contribution in [0.3, 0.4) is 0 Å². The molecular formula is C36H59NO4. The van der Waals surface area contributed by atoms with Gasteiger partial charge in [0.05, 0.1) is 31.0 Å². The quantitative estimate of drug-likeness (QED) is 0.191. The molecule has 0 aliphatic carbocycles. The summed E-state index contributed by atoms with van der Waals surface area (Å²) in [6.07, 6.45) is 4.84. The van der Waals surface area contributed by atoms with E-state index in [9.17, 15) is 5.11 Å². The van der Waals surface area contributed by atoms with Gasteiger partial charge in [0.15, 0.2) is 0 Å². The fourth-order valence-electron chi connectivity index (χ4n) is 6.32. The normalized spacial score (nSPS) is 16.6. The van der Waals surface area contributed by atoms with Crippen molar-refractivity contribution in [2.75, 3.05) is 27.3 Å². The number of benzene rings is 2. The number of aryl methyl sites for hydroxylation is 2. The average Bonchev–Trinajstić information content (AvgIpc) is 2.86. The van der Waals surface area contributed by atoms with E-state index in [0.717, 1.165) is 54.7 Å². The first-order chi connectivity index (χ1) is 19.2. The Kier molecular flexibility index (Phi) is 14.3. The number of aliphatic hydroxyl groups is 1. The molecule has 0 heterocycles. The molecule has 6 atom stereocenters. The van der Waals surface area contributed by atoms with Crippen molar-refractivity contribution in [3.63, 3.8) is 0 Å². The van der Waals surface area contributed by atoms with Crippen LogP contribution in [0.1, 0.15) is 102 Å². The van der Waals surface area contributed by atoms with Crippen LogP contribution in [0.5, 0.6) is 5.75 Å². The maximum absolute atomic E-state index is 10.7. The number of hydrogen-bond donors (Lipinski definition) is 2. The third-order valence-corrected chi connectivity index (χ3v) is 8.21. The van der Waals surface area contributed by atoms with Crippen LogP contribution in [0.4, 0.5) is 0 Å². The fourth-order valence-corrected chi connectivity index (χ4v) is 6.32. The van der Waals surface area contributed by atoms with Crippen molar-refractivity contribution >= 4 is 0 Å². The Balaban J connectivity index is 1.78. The van der Waals surface area contributed by atoms with Gasteiger partial charge in [0.1, 0.15) is 5.75 Å². The van der Waals surface area contributed by atoms with E-state index in [1.807, 2.05) is 13.0 Å². The Bertz CT molecular complexity index is 1050. The zero-order valence-corrected chi connectivity index (χ0v) is 27.8. The van der Waals surface area contributed by atoms with Crippen molar-refractivity contribution < 1.29 is 19.3 Å². The number of rotatable bonds is 18. The number of nitrogens with one attached hydrogen (secondary N) is 1. The minimum atomic E-state index is -0.999. The minimum Gasteiger partial charge on any atom is -0.496 e. The van der Waals surface area contributed by atoms with E-state index in [1.54, 1.807) is 28.1 Å². The molecular weight excluding hydrogens is 510 g/mol. The molecule has 0 aliphatic heterocycles. The highest BCUT2D eigenvalue weighted by molar-refractivity contribution is 5.47. The second-order valence-electron chi connectivity index (χ2n) is 13.3. The van der Waals surface area contributed by atoms with Gasteiger partial charge >= 0.3 is 0 Å². The van der Waals surface area contributed by atoms with E-state index < -0.39 is 5.60 Å². The summed E-state index contributed by atoms with van der Waals surface area (Å²) < 4.78 is 17.9. The lowest BCUT2D eigenvalue weighted by Gasteiger charge is -2.26. The molecule has 2 N–H and O–H groups in total. The number of hydrogen-bond acceptors (Lipinski definition) is 5. The first-order valence-corrected chi connectivity index (χ1v) is 15.6. The SMILES string of the molecule is COc1c(C)cc(C(CNCC(C)CC(C)CC(C)OC(C)CC(C)Cc2ccccc2C)OC)cc1C(C)(C)O. The zero-order valence-electron chi connectivity index (χ0n) is 27.8. The predicted molar refractivity (Wildman–Crippen MR) is 172 cm³/mol. The highest BCUT2D eigenvalue weighted by atomic mass is 16.5. The van der Waals surface area contributed by atoms with Crippen molar-refractivity contribution in [2.45, 2.75) is 112 Å². The van der Waals surface area contributed by atoms with Gasteiger partial charge in [-0.25, -0.2) is 0 Å². The Hall–Kier alpha value is -1.92. The molecule has 0 saturated heterocycles. The highest BCUT2D eigenvalue weighted by Gasteiger charge is 2.25. The Morgan fingerprint density at radius 1 is 0.805 bits per heavy atom. The van der Waals surface area contributed by atoms with Crippen LogP contribution in [-0.2, 0) is 21.5 Å². The summed E-state index contributed by atoms with van der Waals surface area (Å²) in [5.74, 6) is 2.47. The molecule has 2 rings (SSSR count). The van der Waals surface area contributed by atoms with E-state index in [4.69, 9.17) is 14.2 Å². The monoisotopic (exact) mass is 569 g/mol. The van der Waals surface area contributed by atoms with Crippen molar-refractivity contribution in [1.82, 2.24) is 5.32 Å². The molecule has 0 spiro atoms. The predicted octanol–water partition coefficient (Wildman–Crippen LogP) is 7.93. The third-order valence-electron chi connectivity index (χ3n) is 8.21. The topological polar surface area (TPSA) is 60.0 Å². The average molecular weight is 570 g/mol. The van der Waals surface area contributed by atoms with Gasteiger partial charge in [0.25, 0.3) is 0 Å². The summed E-state index contributed by atoms with van der Waals surface area (Å²) in [4.78, 5) is 0. The summed E-state index contributed by atoms with van der Waals surface area (Å²) in [7, 11) is 3.39. The fraction of sp³-hybridized carbons (Fsp3) is 0.667. The molecule has 2 aromatic carbocycles. The summed E-state index contributed by atoms with van der Waals surface area (Å²) in [6.45, 7) is 20.9. The maximum atomic E-state index is 10.7. The van der Waals surface area contributed by atoms with E-state index >= 15 is 0 Å². The van der Waals surface area contributed by atoms with Crippen molar-refractivity contribution in [1.29, 1.82) is 0 Å². The summed E-state index contributed by atoms with van der Waals surface area (Å²) in [6, 6.07) is 12.8. The van der Waals surface area contributed by atoms with Gasteiger partial charge in [0, 0.05) is 19.2 Å². The number of ether oxygens (including phenoxy) is 3. The second-order valence-corrected chi connectivity index (χ2v) is 13.3. The summed E-state index contributed by atoms with van der Waals surface area (Å²) in [5.41, 5.74) is 4.66. The van der Waals surface area contributed by atoms with Gasteiger partial charge in [-0.15, -0.1) is 0 Å². The lowest BCUT2D eigenvalue weighted by molar-refractivity contribution is -0.0146. The van der Waals surface area contributed by atoms with Crippen molar-refractivity contribution in [2.24, 2.45) is 17.8 Å². The molecule has 0 bridgehead atoms. The largest absolute Gasteiger partial charge is 0.496 e. The zero-order chi connectivity index (χ0) is 30.7. The lowest BCUT2D eigenvalue weighted by Crippen LogP contribution is -2.29. The first kappa shape index (κ1) is 35.3. The Morgan fingerprint density at radius 2 is 1.44 bits per heavy atom. The van der Waals surface area contributed by atoms with Gasteiger partial charge in [-0.2, -0.15) is 0 Å². The second kappa shape index (κ2) is 16.6. The highest BCUT2D eigenvalue weighted by Crippen LogP contribution is 2.35. The first-order valence-electron chi connectivity index (χ1n) is 15.6. The molecule has 0 aliphatic rings. The molecule has 232 valence electrons. The van der Waals surface area contributed by atoms with E-state index in [1.165, 1.54) is 11.1 Å². The van der Waals surface area contributed by atoms with Crippen LogP contribution < -0.4 is 10.1 Å². The van der Waals surface area contributed by atoms with Gasteiger partial charge in [-0.3, -0.25) is 0 Å². The van der Waals surface area contributed by atoms with Crippen LogP contribution in [0.15, 0.2) is 36.4 Å². The molecule has 41 heavy (non-hydrogen) atoms. The van der Waals surface area contributed by atoms with Crippen molar-refractivity contribution in [3.8, 4) is 5.75 Å². The molecule has 0 amide bonds. The minimum absolute atomic E-state index is 0.103. The van der Waals surface area contributed by atoms with E-state index in [0.29, 0.717) is 24.3 Å². The Labute approximate surface area is 251 Å². The van der Waals surface area contributed by atoms with E-state index in [2.05, 4.69) is 77.2 Å². The van der Waals surface area contributed by atoms with Crippen molar-refractivity contribution in [3.05, 3.63) is 64.2 Å². The van der Waals surface area contributed by atoms with Crippen LogP contribution in [0.2, 0.25) is 0 Å². The maximum Gasteiger partial charge on any atom is 0.127 e. The van der Waals surface area contributed by atoms with Crippen LogP contribution in [-0.4, -0.2) is 44.6 Å². The van der Waals surface area contributed by atoms with Crippen LogP contribution in [0, 0.1) is 31.6 Å². The smallest absolute Gasteiger partial charge is 0.127 e. The van der Waals surface area contributed by atoms with Gasteiger partial charge in [-0.05, 0) is 126 Å². The van der Waals surface area contributed by atoms with Gasteiger partial charge in [0.2, 0.25) is 0 Å². The molecule has 0 radical (unpaired) electrons. The molecule has 2 aromatic rings. The Morgan fingerprint density at radius 3 is 2.02 bits per heavy atom.